The van der Waals surface area contributed by atoms with Crippen molar-refractivity contribution in [1.29, 1.82) is 0 Å². The Balaban J connectivity index is 1.33. The number of anilines is 1. The zero-order valence-corrected chi connectivity index (χ0v) is 21.0. The number of hydrogen-bond acceptors (Lipinski definition) is 7. The molecule has 35 heavy (non-hydrogen) atoms. The number of carbonyl (C=O) groups excluding carboxylic acids is 1. The van der Waals surface area contributed by atoms with E-state index in [1.807, 2.05) is 52.8 Å². The second-order valence-corrected chi connectivity index (χ2v) is 9.18. The first kappa shape index (κ1) is 24.7. The van der Waals surface area contributed by atoms with E-state index in [0.717, 1.165) is 18.7 Å². The molecule has 1 amide bonds. The average Bonchev–Trinajstić information content (AvgIpc) is 3.28. The lowest BCUT2D eigenvalue weighted by molar-refractivity contribution is -0.128. The molecule has 9 heteroatoms. The summed E-state index contributed by atoms with van der Waals surface area (Å²) in [5.41, 5.74) is 2.29. The van der Waals surface area contributed by atoms with Crippen LogP contribution >= 0.6 is 11.8 Å². The zero-order chi connectivity index (χ0) is 24.6. The number of benzene rings is 2. The summed E-state index contributed by atoms with van der Waals surface area (Å²) in [7, 11) is 1.62. The second-order valence-electron chi connectivity index (χ2n) is 8.23. The number of para-hydroxylation sites is 1. The van der Waals surface area contributed by atoms with E-state index in [0.29, 0.717) is 47.9 Å². The first-order valence-electron chi connectivity index (χ1n) is 11.6. The van der Waals surface area contributed by atoms with Gasteiger partial charge in [0.2, 0.25) is 5.91 Å². The number of nitrogens with zero attached hydrogens (tertiary/aromatic N) is 5. The number of aromatic nitrogens is 3. The van der Waals surface area contributed by atoms with Gasteiger partial charge in [-0.2, -0.15) is 0 Å². The Morgan fingerprint density at radius 1 is 1.09 bits per heavy atom. The first-order chi connectivity index (χ1) is 17.1. The molecule has 0 spiro atoms. The molecule has 8 nitrogen and oxygen atoms in total. The van der Waals surface area contributed by atoms with Crippen LogP contribution in [0.4, 0.5) is 5.69 Å². The number of amides is 1. The summed E-state index contributed by atoms with van der Waals surface area (Å²) < 4.78 is 13.3. The van der Waals surface area contributed by atoms with Gasteiger partial charge in [-0.05, 0) is 36.8 Å². The predicted octanol–water partition coefficient (Wildman–Crippen LogP) is 3.80. The number of allylic oxidation sites excluding steroid dienone is 1. The third-order valence-electron chi connectivity index (χ3n) is 5.86. The van der Waals surface area contributed by atoms with Gasteiger partial charge in [0.05, 0.1) is 12.9 Å². The van der Waals surface area contributed by atoms with Crippen LogP contribution in [0.1, 0.15) is 11.4 Å². The van der Waals surface area contributed by atoms with Crippen LogP contribution < -0.4 is 14.4 Å². The Bertz CT molecular complexity index is 1140. The van der Waals surface area contributed by atoms with Gasteiger partial charge >= 0.3 is 0 Å². The molecule has 2 heterocycles. The normalized spacial score (nSPS) is 13.5. The van der Waals surface area contributed by atoms with Crippen LogP contribution in [0.25, 0.3) is 0 Å². The van der Waals surface area contributed by atoms with E-state index in [-0.39, 0.29) is 12.5 Å². The quantitative estimate of drug-likeness (QED) is 0.314. The summed E-state index contributed by atoms with van der Waals surface area (Å²) in [5, 5.41) is 9.29. The van der Waals surface area contributed by atoms with E-state index in [1.54, 1.807) is 13.2 Å². The molecule has 3 aromatic rings. The van der Waals surface area contributed by atoms with Crippen molar-refractivity contribution in [1.82, 2.24) is 19.7 Å². The lowest BCUT2D eigenvalue weighted by Gasteiger charge is -2.36. The highest BCUT2D eigenvalue weighted by atomic mass is 32.2. The first-order valence-corrected chi connectivity index (χ1v) is 12.6. The molecule has 0 unspecified atom stereocenters. The highest BCUT2D eigenvalue weighted by Gasteiger charge is 2.22. The zero-order valence-electron chi connectivity index (χ0n) is 20.2. The van der Waals surface area contributed by atoms with E-state index in [1.165, 1.54) is 17.4 Å². The van der Waals surface area contributed by atoms with Crippen LogP contribution in [0.5, 0.6) is 11.5 Å². The Morgan fingerprint density at radius 3 is 2.57 bits per heavy atom. The molecule has 1 saturated heterocycles. The maximum atomic E-state index is 12.9. The van der Waals surface area contributed by atoms with E-state index in [2.05, 4.69) is 33.8 Å². The van der Waals surface area contributed by atoms with Gasteiger partial charge in [0.1, 0.15) is 6.61 Å². The number of hydrogen-bond donors (Lipinski definition) is 0. The van der Waals surface area contributed by atoms with Crippen LogP contribution in [-0.4, -0.2) is 64.6 Å². The Morgan fingerprint density at radius 2 is 1.86 bits per heavy atom. The summed E-state index contributed by atoms with van der Waals surface area (Å²) in [6, 6.07) is 16.1. The molecule has 0 saturated carbocycles. The molecule has 1 aliphatic heterocycles. The third-order valence-corrected chi connectivity index (χ3v) is 6.81. The largest absolute Gasteiger partial charge is 0.493 e. The summed E-state index contributed by atoms with van der Waals surface area (Å²) in [6.45, 7) is 9.70. The maximum absolute atomic E-state index is 12.9. The van der Waals surface area contributed by atoms with E-state index < -0.39 is 0 Å². The van der Waals surface area contributed by atoms with Crippen molar-refractivity contribution in [2.24, 2.45) is 0 Å². The summed E-state index contributed by atoms with van der Waals surface area (Å²) >= 11 is 1.39. The highest BCUT2D eigenvalue weighted by Crippen LogP contribution is 2.29. The van der Waals surface area contributed by atoms with Crippen molar-refractivity contribution >= 4 is 23.4 Å². The van der Waals surface area contributed by atoms with Crippen LogP contribution in [0, 0.1) is 6.92 Å². The van der Waals surface area contributed by atoms with Crippen LogP contribution in [0.15, 0.2) is 66.3 Å². The van der Waals surface area contributed by atoms with Gasteiger partial charge in [-0.15, -0.1) is 16.8 Å². The number of aryl methyl sites for hydroxylation is 1. The van der Waals surface area contributed by atoms with Crippen molar-refractivity contribution in [2.75, 3.05) is 43.9 Å². The monoisotopic (exact) mass is 493 g/mol. The molecule has 1 aliphatic rings. The van der Waals surface area contributed by atoms with E-state index in [9.17, 15) is 4.79 Å². The number of thioether (sulfide) groups is 1. The molecule has 1 fully saturated rings. The minimum absolute atomic E-state index is 0.109. The number of piperazine rings is 1. The fourth-order valence-electron chi connectivity index (χ4n) is 3.95. The van der Waals surface area contributed by atoms with Gasteiger partial charge in [-0.25, -0.2) is 0 Å². The fourth-order valence-corrected chi connectivity index (χ4v) is 4.82. The smallest absolute Gasteiger partial charge is 0.233 e. The number of methoxy groups -OCH3 is 1. The van der Waals surface area contributed by atoms with Crippen molar-refractivity contribution in [3.8, 4) is 11.5 Å². The number of rotatable bonds is 10. The molecule has 2 aromatic carbocycles. The molecule has 0 N–H and O–H groups in total. The van der Waals surface area contributed by atoms with Crippen LogP contribution in [0.3, 0.4) is 0 Å². The van der Waals surface area contributed by atoms with E-state index >= 15 is 0 Å². The Hall–Kier alpha value is -3.46. The maximum Gasteiger partial charge on any atom is 0.233 e. The van der Waals surface area contributed by atoms with Gasteiger partial charge in [-0.3, -0.25) is 9.36 Å². The van der Waals surface area contributed by atoms with Crippen molar-refractivity contribution in [3.05, 3.63) is 72.6 Å². The third kappa shape index (κ3) is 6.16. The van der Waals surface area contributed by atoms with Gasteiger partial charge in [0.25, 0.3) is 0 Å². The molecule has 4 rings (SSSR count). The minimum atomic E-state index is 0.109. The molecular weight excluding hydrogens is 462 g/mol. The average molecular weight is 494 g/mol. The van der Waals surface area contributed by atoms with Gasteiger partial charge in [0.15, 0.2) is 22.5 Å². The van der Waals surface area contributed by atoms with E-state index in [4.69, 9.17) is 9.47 Å². The minimum Gasteiger partial charge on any atom is -0.493 e. The summed E-state index contributed by atoms with van der Waals surface area (Å²) in [4.78, 5) is 17.1. The lowest BCUT2D eigenvalue weighted by Crippen LogP contribution is -2.49. The van der Waals surface area contributed by atoms with Crippen molar-refractivity contribution in [3.63, 3.8) is 0 Å². The van der Waals surface area contributed by atoms with Gasteiger partial charge in [-0.1, -0.05) is 42.1 Å². The molecule has 1 aromatic heterocycles. The standard InChI is InChI=1S/C26H31N5O3S/c1-4-12-31-24(18-34-22-11-10-20(2)17-23(22)33-3)27-28-26(31)35-19-25(32)30-15-13-29(14-16-30)21-8-6-5-7-9-21/h4-11,17H,1,12-16,18-19H2,2-3H3. The molecule has 0 radical (unpaired) electrons. The molecular formula is C26H31N5O3S. The Labute approximate surface area is 210 Å². The fraction of sp³-hybridized carbons (Fsp3) is 0.346. The molecule has 0 atom stereocenters. The number of carbonyl (C=O) groups is 1. The molecule has 0 aliphatic carbocycles. The molecule has 184 valence electrons. The predicted molar refractivity (Wildman–Crippen MR) is 138 cm³/mol. The number of ether oxygens (including phenoxy) is 2. The Kier molecular flexibility index (Phi) is 8.31. The van der Waals surface area contributed by atoms with Gasteiger partial charge < -0.3 is 19.3 Å². The highest BCUT2D eigenvalue weighted by molar-refractivity contribution is 7.99. The summed E-state index contributed by atoms with van der Waals surface area (Å²) in [5.74, 6) is 2.41. The SMILES string of the molecule is C=CCn1c(COc2ccc(C)cc2OC)nnc1SCC(=O)N1CCN(c2ccccc2)CC1. The topological polar surface area (TPSA) is 72.7 Å². The molecule has 0 bridgehead atoms. The van der Waals surface area contributed by atoms with Crippen LogP contribution in [0.2, 0.25) is 0 Å². The van der Waals surface area contributed by atoms with Gasteiger partial charge in [0, 0.05) is 38.4 Å². The van der Waals surface area contributed by atoms with Crippen molar-refractivity contribution in [2.45, 2.75) is 25.2 Å². The van der Waals surface area contributed by atoms with Crippen LogP contribution in [-0.2, 0) is 17.9 Å². The lowest BCUT2D eigenvalue weighted by atomic mass is 10.2. The van der Waals surface area contributed by atoms with Crippen molar-refractivity contribution < 1.29 is 14.3 Å². The second kappa shape index (κ2) is 11.8. The summed E-state index contributed by atoms with van der Waals surface area (Å²) in [6.07, 6.45) is 1.79.